The first-order chi connectivity index (χ1) is 11.9. The van der Waals surface area contributed by atoms with Crippen LogP contribution in [0.2, 0.25) is 0 Å². The topological polar surface area (TPSA) is 61.9 Å². The number of carbonyl (C=O) groups excluding carboxylic acids is 1. The molecule has 0 saturated carbocycles. The maximum atomic E-state index is 12.4. The zero-order valence-electron chi connectivity index (χ0n) is 15.5. The first kappa shape index (κ1) is 19.2. The second kappa shape index (κ2) is 8.85. The molecule has 25 heavy (non-hydrogen) atoms. The first-order valence-corrected chi connectivity index (χ1v) is 9.47. The van der Waals surface area contributed by atoms with E-state index >= 15 is 0 Å². The lowest BCUT2D eigenvalue weighted by molar-refractivity contribution is -0.131. The van der Waals surface area contributed by atoms with Gasteiger partial charge in [-0.2, -0.15) is 0 Å². The van der Waals surface area contributed by atoms with Crippen LogP contribution in [0.25, 0.3) is 12.2 Å². The van der Waals surface area contributed by atoms with Crippen molar-refractivity contribution in [3.05, 3.63) is 41.2 Å². The summed E-state index contributed by atoms with van der Waals surface area (Å²) in [6.07, 6.45) is 3.91. The average molecular weight is 359 g/mol. The van der Waals surface area contributed by atoms with Crippen molar-refractivity contribution in [1.82, 2.24) is 20.1 Å². The molecule has 134 valence electrons. The van der Waals surface area contributed by atoms with Crippen LogP contribution in [0.1, 0.15) is 44.6 Å². The van der Waals surface area contributed by atoms with Gasteiger partial charge < -0.3 is 4.90 Å². The van der Waals surface area contributed by atoms with E-state index in [9.17, 15) is 4.79 Å². The summed E-state index contributed by atoms with van der Waals surface area (Å²) in [5.74, 6) is 1.13. The molecule has 0 fully saturated rings. The third-order valence-electron chi connectivity index (χ3n) is 3.82. The van der Waals surface area contributed by atoms with Gasteiger partial charge in [0.1, 0.15) is 5.82 Å². The predicted molar refractivity (Wildman–Crippen MR) is 104 cm³/mol. The highest BCUT2D eigenvalue weighted by atomic mass is 32.2. The fourth-order valence-corrected chi connectivity index (χ4v) is 3.39. The number of nitrogens with zero attached hydrogens (tertiary/aromatic N) is 3. The molecular weight excluding hydrogens is 332 g/mol. The van der Waals surface area contributed by atoms with Crippen molar-refractivity contribution >= 4 is 29.8 Å². The van der Waals surface area contributed by atoms with E-state index in [0.29, 0.717) is 16.7 Å². The molecule has 0 aliphatic heterocycles. The van der Waals surface area contributed by atoms with Gasteiger partial charge in [-0.1, -0.05) is 42.1 Å². The molecule has 1 aromatic carbocycles. The monoisotopic (exact) mass is 358 g/mol. The SMILES string of the molecule is Cc1ccccc1/C=C/c1nc(SCC(=O)N(C(C)C)C(C)C)n[nH]1. The van der Waals surface area contributed by atoms with E-state index in [4.69, 9.17) is 0 Å². The standard InChI is InChI=1S/C19H26N4OS/c1-13(2)23(14(3)4)18(24)12-25-19-20-17(21-22-19)11-10-16-9-7-6-8-15(16)5/h6-11,13-14H,12H2,1-5H3,(H,20,21,22)/b11-10+. The highest BCUT2D eigenvalue weighted by Gasteiger charge is 2.20. The van der Waals surface area contributed by atoms with Gasteiger partial charge in [0.25, 0.3) is 0 Å². The van der Waals surface area contributed by atoms with Crippen molar-refractivity contribution in [2.24, 2.45) is 0 Å². The van der Waals surface area contributed by atoms with E-state index < -0.39 is 0 Å². The lowest BCUT2D eigenvalue weighted by Crippen LogP contribution is -2.43. The Balaban J connectivity index is 1.95. The van der Waals surface area contributed by atoms with E-state index in [1.165, 1.54) is 17.3 Å². The summed E-state index contributed by atoms with van der Waals surface area (Å²) in [6.45, 7) is 10.2. The highest BCUT2D eigenvalue weighted by molar-refractivity contribution is 7.99. The fourth-order valence-electron chi connectivity index (χ4n) is 2.71. The molecule has 6 heteroatoms. The molecule has 1 aromatic heterocycles. The van der Waals surface area contributed by atoms with Gasteiger partial charge in [-0.3, -0.25) is 9.89 Å². The van der Waals surface area contributed by atoms with E-state index in [1.54, 1.807) is 0 Å². The molecule has 0 unspecified atom stereocenters. The molecule has 0 radical (unpaired) electrons. The van der Waals surface area contributed by atoms with Gasteiger partial charge in [0.15, 0.2) is 0 Å². The Bertz CT molecular complexity index is 729. The van der Waals surface area contributed by atoms with E-state index in [-0.39, 0.29) is 18.0 Å². The van der Waals surface area contributed by atoms with Gasteiger partial charge in [0, 0.05) is 12.1 Å². The molecule has 0 bridgehead atoms. The Morgan fingerprint density at radius 2 is 1.88 bits per heavy atom. The van der Waals surface area contributed by atoms with Crippen LogP contribution in [-0.4, -0.2) is 43.8 Å². The van der Waals surface area contributed by atoms with Crippen molar-refractivity contribution < 1.29 is 4.79 Å². The van der Waals surface area contributed by atoms with Gasteiger partial charge in [-0.15, -0.1) is 5.10 Å². The zero-order chi connectivity index (χ0) is 18.4. The lowest BCUT2D eigenvalue weighted by atomic mass is 10.1. The quantitative estimate of drug-likeness (QED) is 0.759. The number of amides is 1. The number of thioether (sulfide) groups is 1. The molecule has 2 rings (SSSR count). The number of aromatic amines is 1. The summed E-state index contributed by atoms with van der Waals surface area (Å²) in [4.78, 5) is 18.7. The second-order valence-corrected chi connectivity index (χ2v) is 7.41. The van der Waals surface area contributed by atoms with Crippen LogP contribution in [0.3, 0.4) is 0 Å². The number of H-pyrrole nitrogens is 1. The molecule has 0 saturated heterocycles. The van der Waals surface area contributed by atoms with Crippen LogP contribution < -0.4 is 0 Å². The average Bonchev–Trinajstić information content (AvgIpc) is 2.99. The normalized spacial score (nSPS) is 11.6. The number of benzene rings is 1. The molecule has 1 amide bonds. The van der Waals surface area contributed by atoms with Gasteiger partial charge in [0.2, 0.25) is 11.1 Å². The van der Waals surface area contributed by atoms with Crippen LogP contribution in [-0.2, 0) is 4.79 Å². The Kier molecular flexibility index (Phi) is 6.82. The van der Waals surface area contributed by atoms with Crippen molar-refractivity contribution in [3.8, 4) is 0 Å². The molecule has 0 atom stereocenters. The minimum absolute atomic E-state index is 0.108. The van der Waals surface area contributed by atoms with Crippen LogP contribution in [0.5, 0.6) is 0 Å². The Morgan fingerprint density at radius 3 is 2.52 bits per heavy atom. The lowest BCUT2D eigenvalue weighted by Gasteiger charge is -2.30. The number of hydrogen-bond acceptors (Lipinski definition) is 4. The third-order valence-corrected chi connectivity index (χ3v) is 4.65. The van der Waals surface area contributed by atoms with Crippen LogP contribution in [0.15, 0.2) is 29.4 Å². The summed E-state index contributed by atoms with van der Waals surface area (Å²) < 4.78 is 0. The first-order valence-electron chi connectivity index (χ1n) is 8.48. The van der Waals surface area contributed by atoms with E-state index in [1.807, 2.05) is 56.9 Å². The summed E-state index contributed by atoms with van der Waals surface area (Å²) in [7, 11) is 0. The number of rotatable bonds is 7. The minimum Gasteiger partial charge on any atom is -0.337 e. The Morgan fingerprint density at radius 1 is 1.20 bits per heavy atom. The maximum Gasteiger partial charge on any atom is 0.233 e. The number of nitrogens with one attached hydrogen (secondary N) is 1. The largest absolute Gasteiger partial charge is 0.337 e. The van der Waals surface area contributed by atoms with Crippen molar-refractivity contribution in [2.75, 3.05) is 5.75 Å². The van der Waals surface area contributed by atoms with Crippen LogP contribution in [0.4, 0.5) is 0 Å². The van der Waals surface area contributed by atoms with Crippen molar-refractivity contribution in [3.63, 3.8) is 0 Å². The smallest absolute Gasteiger partial charge is 0.233 e. The molecule has 5 nitrogen and oxygen atoms in total. The van der Waals surface area contributed by atoms with Crippen molar-refractivity contribution in [1.29, 1.82) is 0 Å². The minimum atomic E-state index is 0.108. The van der Waals surface area contributed by atoms with Crippen molar-refractivity contribution in [2.45, 2.75) is 51.9 Å². The Labute approximate surface area is 153 Å². The Hall–Kier alpha value is -2.08. The van der Waals surface area contributed by atoms with Gasteiger partial charge >= 0.3 is 0 Å². The summed E-state index contributed by atoms with van der Waals surface area (Å²) >= 11 is 1.36. The molecule has 0 aliphatic carbocycles. The number of aryl methyl sites for hydroxylation is 1. The number of aromatic nitrogens is 3. The van der Waals surface area contributed by atoms with Gasteiger partial charge in [-0.05, 0) is 51.8 Å². The molecular formula is C19H26N4OS. The van der Waals surface area contributed by atoms with E-state index in [2.05, 4.69) is 34.2 Å². The summed E-state index contributed by atoms with van der Waals surface area (Å²) in [6, 6.07) is 8.53. The second-order valence-electron chi connectivity index (χ2n) is 6.47. The maximum absolute atomic E-state index is 12.4. The summed E-state index contributed by atoms with van der Waals surface area (Å²) in [5, 5.41) is 7.67. The molecule has 2 aromatic rings. The number of hydrogen-bond donors (Lipinski definition) is 1. The molecule has 0 spiro atoms. The van der Waals surface area contributed by atoms with Crippen LogP contribution >= 0.6 is 11.8 Å². The molecule has 0 aliphatic rings. The van der Waals surface area contributed by atoms with Crippen LogP contribution in [0, 0.1) is 6.92 Å². The summed E-state index contributed by atoms with van der Waals surface area (Å²) in [5.41, 5.74) is 2.36. The molecule has 1 N–H and O–H groups in total. The fraction of sp³-hybridized carbons (Fsp3) is 0.421. The zero-order valence-corrected chi connectivity index (χ0v) is 16.3. The van der Waals surface area contributed by atoms with Gasteiger partial charge in [-0.25, -0.2) is 4.98 Å². The molecule has 1 heterocycles. The predicted octanol–water partition coefficient (Wildman–Crippen LogP) is 4.02. The third kappa shape index (κ3) is 5.46. The highest BCUT2D eigenvalue weighted by Crippen LogP contribution is 2.17. The number of carbonyl (C=O) groups is 1. The van der Waals surface area contributed by atoms with Gasteiger partial charge in [0.05, 0.1) is 5.75 Å². The van der Waals surface area contributed by atoms with E-state index in [0.717, 1.165) is 5.56 Å².